The van der Waals surface area contributed by atoms with E-state index in [1.54, 1.807) is 11.3 Å². The second-order valence-electron chi connectivity index (χ2n) is 4.89. The van der Waals surface area contributed by atoms with E-state index in [1.807, 2.05) is 5.38 Å². The lowest BCUT2D eigenvalue weighted by molar-refractivity contribution is -0.123. The zero-order valence-electron chi connectivity index (χ0n) is 11.5. The Balaban J connectivity index is 0.00000180. The molecular formula is C12H21Cl2N3O2S. The molecule has 1 aromatic rings. The smallest absolute Gasteiger partial charge is 0.237 e. The van der Waals surface area contributed by atoms with Gasteiger partial charge in [0.15, 0.2) is 0 Å². The summed E-state index contributed by atoms with van der Waals surface area (Å²) in [5, 5.41) is 18.1. The number of nitrogens with one attached hydrogen (secondary N) is 2. The molecule has 20 heavy (non-hydrogen) atoms. The molecule has 3 N–H and O–H groups in total. The number of aromatic nitrogens is 1. The highest BCUT2D eigenvalue weighted by molar-refractivity contribution is 7.09. The number of halogens is 2. The van der Waals surface area contributed by atoms with Crippen LogP contribution in [0, 0.1) is 0 Å². The van der Waals surface area contributed by atoms with Crippen LogP contribution in [0.4, 0.5) is 0 Å². The number of hydrogen-bond donors (Lipinski definition) is 3. The van der Waals surface area contributed by atoms with E-state index in [0.717, 1.165) is 10.7 Å². The van der Waals surface area contributed by atoms with Crippen molar-refractivity contribution in [2.24, 2.45) is 0 Å². The van der Waals surface area contributed by atoms with Crippen LogP contribution in [0.15, 0.2) is 5.38 Å². The molecule has 0 aliphatic carbocycles. The van der Waals surface area contributed by atoms with Crippen LogP contribution in [-0.4, -0.2) is 34.7 Å². The molecule has 0 aromatic carbocycles. The summed E-state index contributed by atoms with van der Waals surface area (Å²) in [6.07, 6.45) is 0.0779. The highest BCUT2D eigenvalue weighted by Crippen LogP contribution is 2.17. The first-order valence-corrected chi connectivity index (χ1v) is 7.07. The first-order chi connectivity index (χ1) is 8.56. The van der Waals surface area contributed by atoms with Crippen molar-refractivity contribution in [2.75, 3.05) is 6.54 Å². The fourth-order valence-corrected chi connectivity index (χ4v) is 2.77. The molecule has 1 aromatic heterocycles. The Kier molecular flexibility index (Phi) is 8.62. The fraction of sp³-hybridized carbons (Fsp3) is 0.667. The number of β-amino-alcohol motifs (C(OH)–C–C–N with tert-alkyl or cyclic N) is 1. The maximum atomic E-state index is 11.8. The molecule has 0 radical (unpaired) electrons. The third-order valence-corrected chi connectivity index (χ3v) is 3.87. The van der Waals surface area contributed by atoms with Crippen LogP contribution < -0.4 is 10.6 Å². The average Bonchev–Trinajstić information content (AvgIpc) is 2.94. The molecule has 2 heterocycles. The minimum atomic E-state index is -0.409. The third-order valence-electron chi connectivity index (χ3n) is 3.00. The summed E-state index contributed by atoms with van der Waals surface area (Å²) in [7, 11) is 0. The molecule has 8 heteroatoms. The van der Waals surface area contributed by atoms with Crippen LogP contribution in [-0.2, 0) is 11.3 Å². The lowest BCUT2D eigenvalue weighted by Crippen LogP contribution is -2.39. The standard InChI is InChI=1S/C12H19N3O2S.2ClH/c1-7(2)10-6-18-11(15-10)5-14-12(17)9-3-8(16)4-13-9;;/h6-9,13,16H,3-5H2,1-2H3,(H,14,17);2*1H. The number of carbonyl (C=O) groups excluding carboxylic acids is 1. The topological polar surface area (TPSA) is 74.2 Å². The lowest BCUT2D eigenvalue weighted by Gasteiger charge is -2.09. The molecule has 1 aliphatic heterocycles. The van der Waals surface area contributed by atoms with Crippen LogP contribution in [0.1, 0.15) is 36.9 Å². The van der Waals surface area contributed by atoms with Crippen molar-refractivity contribution in [3.05, 3.63) is 16.1 Å². The Hall–Kier alpha value is -0.400. The summed E-state index contributed by atoms with van der Waals surface area (Å²) in [4.78, 5) is 16.3. The van der Waals surface area contributed by atoms with Gasteiger partial charge in [-0.05, 0) is 12.3 Å². The van der Waals surface area contributed by atoms with Gasteiger partial charge in [-0.25, -0.2) is 4.98 Å². The van der Waals surface area contributed by atoms with Gasteiger partial charge in [-0.3, -0.25) is 4.79 Å². The van der Waals surface area contributed by atoms with E-state index >= 15 is 0 Å². The summed E-state index contributed by atoms with van der Waals surface area (Å²) in [5.74, 6) is 0.352. The van der Waals surface area contributed by atoms with Crippen molar-refractivity contribution in [2.45, 2.75) is 44.9 Å². The monoisotopic (exact) mass is 341 g/mol. The number of carbonyl (C=O) groups is 1. The van der Waals surface area contributed by atoms with Gasteiger partial charge >= 0.3 is 0 Å². The Bertz CT molecular complexity index is 429. The normalized spacial score (nSPS) is 21.2. The maximum absolute atomic E-state index is 11.8. The van der Waals surface area contributed by atoms with Crippen LogP contribution >= 0.6 is 36.2 Å². The number of hydrogen-bond acceptors (Lipinski definition) is 5. The van der Waals surface area contributed by atoms with Gasteiger partial charge in [0.1, 0.15) is 5.01 Å². The predicted octanol–water partition coefficient (Wildman–Crippen LogP) is 1.45. The molecular weight excluding hydrogens is 321 g/mol. The number of aliphatic hydroxyl groups excluding tert-OH is 1. The molecule has 116 valence electrons. The largest absolute Gasteiger partial charge is 0.392 e. The maximum Gasteiger partial charge on any atom is 0.237 e. The molecule has 2 atom stereocenters. The summed E-state index contributed by atoms with van der Waals surface area (Å²) in [6, 6.07) is -0.274. The number of thiazole rings is 1. The molecule has 0 spiro atoms. The first-order valence-electron chi connectivity index (χ1n) is 6.19. The molecule has 2 unspecified atom stereocenters. The van der Waals surface area contributed by atoms with E-state index < -0.39 is 6.10 Å². The minimum Gasteiger partial charge on any atom is -0.392 e. The second-order valence-corrected chi connectivity index (χ2v) is 5.83. The quantitative estimate of drug-likeness (QED) is 0.774. The summed E-state index contributed by atoms with van der Waals surface area (Å²) >= 11 is 1.57. The molecule has 2 rings (SSSR count). The molecule has 1 amide bonds. The molecule has 1 fully saturated rings. The van der Waals surface area contributed by atoms with E-state index in [4.69, 9.17) is 0 Å². The lowest BCUT2D eigenvalue weighted by atomic mass is 10.2. The summed E-state index contributed by atoms with van der Waals surface area (Å²) in [6.45, 7) is 5.15. The third kappa shape index (κ3) is 5.18. The molecule has 1 saturated heterocycles. The zero-order valence-corrected chi connectivity index (χ0v) is 13.9. The van der Waals surface area contributed by atoms with Gasteiger partial charge < -0.3 is 15.7 Å². The minimum absolute atomic E-state index is 0. The first kappa shape index (κ1) is 19.6. The van der Waals surface area contributed by atoms with Crippen molar-refractivity contribution in [3.63, 3.8) is 0 Å². The van der Waals surface area contributed by atoms with Crippen LogP contribution in [0.5, 0.6) is 0 Å². The van der Waals surface area contributed by atoms with Gasteiger partial charge in [0.05, 0.1) is 24.4 Å². The van der Waals surface area contributed by atoms with Gasteiger partial charge in [0, 0.05) is 11.9 Å². The van der Waals surface area contributed by atoms with Gasteiger partial charge in [-0.15, -0.1) is 36.2 Å². The number of aliphatic hydroxyl groups is 1. The number of nitrogens with zero attached hydrogens (tertiary/aromatic N) is 1. The van der Waals surface area contributed by atoms with Crippen LogP contribution in [0.25, 0.3) is 0 Å². The van der Waals surface area contributed by atoms with Crippen molar-refractivity contribution < 1.29 is 9.90 Å². The number of rotatable bonds is 4. The van der Waals surface area contributed by atoms with E-state index in [-0.39, 0.29) is 36.8 Å². The van der Waals surface area contributed by atoms with Crippen molar-refractivity contribution in [1.29, 1.82) is 0 Å². The van der Waals surface area contributed by atoms with E-state index in [1.165, 1.54) is 0 Å². The van der Waals surface area contributed by atoms with Crippen molar-refractivity contribution in [1.82, 2.24) is 15.6 Å². The Morgan fingerprint density at radius 2 is 2.30 bits per heavy atom. The SMILES string of the molecule is CC(C)c1csc(CNC(=O)C2CC(O)CN2)n1.Cl.Cl. The highest BCUT2D eigenvalue weighted by atomic mass is 35.5. The van der Waals surface area contributed by atoms with Crippen LogP contribution in [0.3, 0.4) is 0 Å². The van der Waals surface area contributed by atoms with Gasteiger partial charge in [-0.1, -0.05) is 13.8 Å². The predicted molar refractivity (Wildman–Crippen MR) is 85.0 cm³/mol. The molecule has 0 saturated carbocycles. The van der Waals surface area contributed by atoms with Crippen LogP contribution in [0.2, 0.25) is 0 Å². The Morgan fingerprint density at radius 3 is 2.80 bits per heavy atom. The van der Waals surface area contributed by atoms with Crippen molar-refractivity contribution >= 4 is 42.1 Å². The Morgan fingerprint density at radius 1 is 1.60 bits per heavy atom. The van der Waals surface area contributed by atoms with E-state index in [2.05, 4.69) is 29.5 Å². The molecule has 1 aliphatic rings. The average molecular weight is 342 g/mol. The zero-order chi connectivity index (χ0) is 13.1. The summed E-state index contributed by atoms with van der Waals surface area (Å²) in [5.41, 5.74) is 1.07. The van der Waals surface area contributed by atoms with E-state index in [0.29, 0.717) is 25.4 Å². The fourth-order valence-electron chi connectivity index (χ4n) is 1.87. The van der Waals surface area contributed by atoms with Gasteiger partial charge in [-0.2, -0.15) is 0 Å². The van der Waals surface area contributed by atoms with E-state index in [9.17, 15) is 9.90 Å². The Labute approximate surface area is 135 Å². The number of amides is 1. The second kappa shape index (κ2) is 8.79. The molecule has 5 nitrogen and oxygen atoms in total. The van der Waals surface area contributed by atoms with Gasteiger partial charge in [0.2, 0.25) is 5.91 Å². The molecule has 0 bridgehead atoms. The highest BCUT2D eigenvalue weighted by Gasteiger charge is 2.27. The van der Waals surface area contributed by atoms with Gasteiger partial charge in [0.25, 0.3) is 0 Å². The summed E-state index contributed by atoms with van der Waals surface area (Å²) < 4.78 is 0. The van der Waals surface area contributed by atoms with Crippen molar-refractivity contribution in [3.8, 4) is 0 Å².